The summed E-state index contributed by atoms with van der Waals surface area (Å²) in [5.74, 6) is 0. The average Bonchev–Trinajstić information content (AvgIpc) is 3.46. The van der Waals surface area contributed by atoms with Gasteiger partial charge >= 0.3 is 0 Å². The van der Waals surface area contributed by atoms with Gasteiger partial charge in [-0.3, -0.25) is 0 Å². The standard InChI is InChI=1S/C24H29N5S/c1-2-22(25)21-10-5-18(17-23(21)26-13-16-28-14-3-4-15-28)24-11-12-27-29(24)19-6-8-20(30)9-7-19/h5-12,17,25-26,30H,2-4,13-16H2,1H3. The molecule has 2 aromatic carbocycles. The van der Waals surface area contributed by atoms with E-state index < -0.39 is 0 Å². The fourth-order valence-electron chi connectivity index (χ4n) is 3.98. The van der Waals surface area contributed by atoms with E-state index in [9.17, 15) is 0 Å². The molecule has 3 aromatic rings. The third-order valence-electron chi connectivity index (χ3n) is 5.67. The lowest BCUT2D eigenvalue weighted by molar-refractivity contribution is 0.352. The fraction of sp³-hybridized carbons (Fsp3) is 0.333. The third kappa shape index (κ3) is 4.60. The van der Waals surface area contributed by atoms with Crippen molar-refractivity contribution in [3.05, 3.63) is 60.3 Å². The van der Waals surface area contributed by atoms with E-state index in [0.717, 1.165) is 46.2 Å². The maximum atomic E-state index is 8.39. The van der Waals surface area contributed by atoms with Crippen LogP contribution in [0.15, 0.2) is 59.6 Å². The molecule has 4 rings (SSSR count). The van der Waals surface area contributed by atoms with Crippen LogP contribution in [-0.2, 0) is 0 Å². The minimum Gasteiger partial charge on any atom is -0.383 e. The van der Waals surface area contributed by atoms with Gasteiger partial charge in [-0.1, -0.05) is 19.1 Å². The second-order valence-corrected chi connectivity index (χ2v) is 8.23. The molecule has 6 heteroatoms. The number of hydrogen-bond donors (Lipinski definition) is 3. The molecule has 5 nitrogen and oxygen atoms in total. The first-order valence-electron chi connectivity index (χ1n) is 10.7. The zero-order valence-corrected chi connectivity index (χ0v) is 18.3. The Bertz CT molecular complexity index is 1000. The minimum absolute atomic E-state index is 0.656. The van der Waals surface area contributed by atoms with E-state index in [2.05, 4.69) is 46.1 Å². The van der Waals surface area contributed by atoms with Crippen molar-refractivity contribution in [2.45, 2.75) is 31.1 Å². The number of aromatic nitrogens is 2. The molecule has 1 aliphatic heterocycles. The molecular formula is C24H29N5S. The molecule has 0 spiro atoms. The quantitative estimate of drug-likeness (QED) is 0.351. The van der Waals surface area contributed by atoms with Gasteiger partial charge in [-0.05, 0) is 68.8 Å². The number of benzene rings is 2. The Morgan fingerprint density at radius 2 is 1.87 bits per heavy atom. The highest BCUT2D eigenvalue weighted by Gasteiger charge is 2.14. The van der Waals surface area contributed by atoms with Crippen LogP contribution in [0.3, 0.4) is 0 Å². The lowest BCUT2D eigenvalue weighted by Crippen LogP contribution is -2.26. The number of hydrogen-bond acceptors (Lipinski definition) is 5. The summed E-state index contributed by atoms with van der Waals surface area (Å²) in [7, 11) is 0. The molecular weight excluding hydrogens is 390 g/mol. The molecule has 0 saturated carbocycles. The molecule has 1 aromatic heterocycles. The van der Waals surface area contributed by atoms with Gasteiger partial charge < -0.3 is 15.6 Å². The van der Waals surface area contributed by atoms with Crippen molar-refractivity contribution < 1.29 is 0 Å². The molecule has 0 bridgehead atoms. The highest BCUT2D eigenvalue weighted by molar-refractivity contribution is 7.80. The Hall–Kier alpha value is -2.57. The van der Waals surface area contributed by atoms with Crippen LogP contribution in [0.5, 0.6) is 0 Å². The summed E-state index contributed by atoms with van der Waals surface area (Å²) in [6.07, 6.45) is 5.15. The minimum atomic E-state index is 0.656. The first-order chi connectivity index (χ1) is 14.7. The number of nitrogens with one attached hydrogen (secondary N) is 2. The first kappa shape index (κ1) is 20.7. The van der Waals surface area contributed by atoms with E-state index in [4.69, 9.17) is 5.41 Å². The van der Waals surface area contributed by atoms with Crippen molar-refractivity contribution in [2.24, 2.45) is 0 Å². The summed E-state index contributed by atoms with van der Waals surface area (Å²) in [6.45, 7) is 6.35. The Morgan fingerprint density at radius 3 is 2.60 bits per heavy atom. The van der Waals surface area contributed by atoms with Crippen LogP contribution in [0.25, 0.3) is 16.9 Å². The monoisotopic (exact) mass is 419 g/mol. The van der Waals surface area contributed by atoms with Gasteiger partial charge in [-0.2, -0.15) is 5.10 Å². The van der Waals surface area contributed by atoms with Gasteiger partial charge in [-0.25, -0.2) is 4.68 Å². The highest BCUT2D eigenvalue weighted by atomic mass is 32.1. The summed E-state index contributed by atoms with van der Waals surface area (Å²) in [5.41, 5.74) is 5.77. The zero-order valence-electron chi connectivity index (χ0n) is 17.4. The number of anilines is 1. The number of likely N-dealkylation sites (tertiary alicyclic amines) is 1. The molecule has 0 unspecified atom stereocenters. The Balaban J connectivity index is 1.62. The number of rotatable bonds is 8. The van der Waals surface area contributed by atoms with E-state index in [1.807, 2.05) is 48.1 Å². The summed E-state index contributed by atoms with van der Waals surface area (Å²) in [4.78, 5) is 3.43. The van der Waals surface area contributed by atoms with Gasteiger partial charge in [0.15, 0.2) is 0 Å². The molecule has 0 atom stereocenters. The van der Waals surface area contributed by atoms with Gasteiger partial charge in [0.1, 0.15) is 0 Å². The first-order valence-corrected chi connectivity index (χ1v) is 11.1. The van der Waals surface area contributed by atoms with E-state index >= 15 is 0 Å². The predicted octanol–water partition coefficient (Wildman–Crippen LogP) is 5.11. The maximum Gasteiger partial charge on any atom is 0.0741 e. The Morgan fingerprint density at radius 1 is 1.10 bits per heavy atom. The van der Waals surface area contributed by atoms with Crippen LogP contribution < -0.4 is 5.32 Å². The summed E-state index contributed by atoms with van der Waals surface area (Å²) >= 11 is 4.38. The SMILES string of the molecule is CCC(=N)c1ccc(-c2ccnn2-c2ccc(S)cc2)cc1NCCN1CCCC1. The van der Waals surface area contributed by atoms with Crippen molar-refractivity contribution in [2.75, 3.05) is 31.5 Å². The number of thiol groups is 1. The van der Waals surface area contributed by atoms with Crippen molar-refractivity contribution in [3.8, 4) is 16.9 Å². The van der Waals surface area contributed by atoms with Crippen LogP contribution >= 0.6 is 12.6 Å². The van der Waals surface area contributed by atoms with Gasteiger partial charge in [-0.15, -0.1) is 12.6 Å². The Kier molecular flexibility index (Phi) is 6.55. The summed E-state index contributed by atoms with van der Waals surface area (Å²) in [6, 6.07) is 16.3. The van der Waals surface area contributed by atoms with Gasteiger partial charge in [0.25, 0.3) is 0 Å². The molecule has 2 N–H and O–H groups in total. The normalized spacial score (nSPS) is 14.2. The molecule has 0 amide bonds. The Labute approximate surface area is 184 Å². The summed E-state index contributed by atoms with van der Waals surface area (Å²) < 4.78 is 1.95. The second-order valence-electron chi connectivity index (χ2n) is 7.71. The van der Waals surface area contributed by atoms with Crippen LogP contribution in [0.2, 0.25) is 0 Å². The zero-order chi connectivity index (χ0) is 20.9. The molecule has 156 valence electrons. The lowest BCUT2D eigenvalue weighted by atomic mass is 10.0. The van der Waals surface area contributed by atoms with E-state index in [1.54, 1.807) is 0 Å². The largest absolute Gasteiger partial charge is 0.383 e. The fourth-order valence-corrected chi connectivity index (χ4v) is 4.13. The van der Waals surface area contributed by atoms with Crippen molar-refractivity contribution in [1.29, 1.82) is 5.41 Å². The summed E-state index contributed by atoms with van der Waals surface area (Å²) in [5, 5.41) is 16.5. The van der Waals surface area contributed by atoms with E-state index in [0.29, 0.717) is 12.1 Å². The molecule has 1 fully saturated rings. The molecule has 0 radical (unpaired) electrons. The van der Waals surface area contributed by atoms with Crippen molar-refractivity contribution in [3.63, 3.8) is 0 Å². The number of nitrogens with zero attached hydrogens (tertiary/aromatic N) is 3. The van der Waals surface area contributed by atoms with Gasteiger partial charge in [0, 0.05) is 40.5 Å². The van der Waals surface area contributed by atoms with Crippen LogP contribution in [0.1, 0.15) is 31.7 Å². The molecule has 0 aliphatic carbocycles. The van der Waals surface area contributed by atoms with Gasteiger partial charge in [0.2, 0.25) is 0 Å². The molecule has 1 aliphatic rings. The third-order valence-corrected chi connectivity index (χ3v) is 5.97. The molecule has 1 saturated heterocycles. The van der Waals surface area contributed by atoms with E-state index in [1.165, 1.54) is 25.9 Å². The average molecular weight is 420 g/mol. The molecule has 30 heavy (non-hydrogen) atoms. The van der Waals surface area contributed by atoms with Gasteiger partial charge in [0.05, 0.1) is 17.6 Å². The van der Waals surface area contributed by atoms with Crippen LogP contribution in [0, 0.1) is 5.41 Å². The van der Waals surface area contributed by atoms with E-state index in [-0.39, 0.29) is 0 Å². The second kappa shape index (κ2) is 9.49. The topological polar surface area (TPSA) is 56.9 Å². The molecule has 2 heterocycles. The highest BCUT2D eigenvalue weighted by Crippen LogP contribution is 2.28. The van der Waals surface area contributed by atoms with Crippen molar-refractivity contribution >= 4 is 24.0 Å². The van der Waals surface area contributed by atoms with Crippen molar-refractivity contribution in [1.82, 2.24) is 14.7 Å². The smallest absolute Gasteiger partial charge is 0.0741 e. The predicted molar refractivity (Wildman–Crippen MR) is 128 cm³/mol. The van der Waals surface area contributed by atoms with Crippen LogP contribution in [0.4, 0.5) is 5.69 Å². The lowest BCUT2D eigenvalue weighted by Gasteiger charge is -2.18. The maximum absolute atomic E-state index is 8.39. The van der Waals surface area contributed by atoms with Crippen LogP contribution in [-0.4, -0.2) is 46.6 Å².